The Morgan fingerprint density at radius 3 is 1.85 bits per heavy atom. The second-order valence-corrected chi connectivity index (χ2v) is 11.3. The second-order valence-electron chi connectivity index (χ2n) is 11.3. The zero-order chi connectivity index (χ0) is 44.0. The highest BCUT2D eigenvalue weighted by atomic mass is 16.3. The molecule has 1 nitrogen and oxygen atoms in total. The molecule has 0 N–H and O–H groups in total. The van der Waals surface area contributed by atoms with Crippen molar-refractivity contribution in [2.24, 2.45) is 0 Å². The van der Waals surface area contributed by atoms with Crippen molar-refractivity contribution >= 4 is 65.0 Å². The van der Waals surface area contributed by atoms with Crippen LogP contribution >= 0.6 is 0 Å². The lowest BCUT2D eigenvalue weighted by molar-refractivity contribution is 0.669. The van der Waals surface area contributed by atoms with Gasteiger partial charge in [-0.25, -0.2) is 0 Å². The Morgan fingerprint density at radius 1 is 0.383 bits per heavy atom. The smallest absolute Gasteiger partial charge is 0.136 e. The van der Waals surface area contributed by atoms with Crippen LogP contribution in [-0.2, 0) is 0 Å². The van der Waals surface area contributed by atoms with Crippen LogP contribution in [-0.4, -0.2) is 0 Å². The van der Waals surface area contributed by atoms with Crippen LogP contribution in [0.2, 0.25) is 0 Å². The van der Waals surface area contributed by atoms with Crippen molar-refractivity contribution in [2.75, 3.05) is 0 Å². The first-order valence-electron chi connectivity index (χ1n) is 22.5. The molecule has 0 atom stereocenters. The zero-order valence-corrected chi connectivity index (χ0v) is 24.4. The summed E-state index contributed by atoms with van der Waals surface area (Å²) in [5.74, 6) is 0. The molecule has 0 aliphatic heterocycles. The van der Waals surface area contributed by atoms with Crippen LogP contribution in [0.25, 0.3) is 98.4 Å². The van der Waals surface area contributed by atoms with E-state index in [0.717, 1.165) is 27.1 Å². The lowest BCUT2D eigenvalue weighted by atomic mass is 9.84. The molecule has 218 valence electrons. The molecule has 9 aromatic carbocycles. The van der Waals surface area contributed by atoms with Crippen molar-refractivity contribution < 1.29 is 25.0 Å². The Labute approximate surface area is 293 Å². The van der Waals surface area contributed by atoms with Gasteiger partial charge in [-0.2, -0.15) is 0 Å². The van der Waals surface area contributed by atoms with E-state index in [-0.39, 0.29) is 32.7 Å². The van der Waals surface area contributed by atoms with Gasteiger partial charge in [0.05, 0.1) is 20.6 Å². The van der Waals surface area contributed by atoms with Crippen LogP contribution in [0.4, 0.5) is 0 Å². The highest BCUT2D eigenvalue weighted by Gasteiger charge is 2.18. The van der Waals surface area contributed by atoms with Crippen molar-refractivity contribution in [1.29, 1.82) is 0 Å². The van der Waals surface area contributed by atoms with Gasteiger partial charge in [0.25, 0.3) is 0 Å². The summed E-state index contributed by atoms with van der Waals surface area (Å²) < 4.78 is 141. The van der Waals surface area contributed by atoms with Gasteiger partial charge in [-0.05, 0) is 101 Å². The number of rotatable bonds is 3. The SMILES string of the molecule is [2H]c1c([2H])c([2H])c2c(-c3c4c([2H])c([2H])c([2H])c([2H])c4c(-c4cccc(-c5ccc6c(c5)oc5ccc7ccccc7c56)c4)c4c([2H])c([2H])c([2H])c([2H])c34)c([2H])c([2H])c([2H])c2c1[2H]. The predicted octanol–water partition coefficient (Wildman–Crippen LogP) is 13.2. The van der Waals surface area contributed by atoms with Crippen molar-refractivity contribution in [2.45, 2.75) is 0 Å². The van der Waals surface area contributed by atoms with Gasteiger partial charge in [0, 0.05) is 10.8 Å². The Morgan fingerprint density at radius 2 is 1.04 bits per heavy atom. The van der Waals surface area contributed by atoms with Gasteiger partial charge in [0.2, 0.25) is 0 Å². The first-order chi connectivity index (χ1) is 29.5. The third-order valence-corrected chi connectivity index (χ3v) is 8.78. The van der Waals surface area contributed by atoms with E-state index in [0.29, 0.717) is 22.3 Å². The van der Waals surface area contributed by atoms with E-state index in [1.165, 1.54) is 0 Å². The standard InChI is InChI=1S/C46H28O/c1-3-16-34-29(11-1)13-10-22-36(34)45-39-20-7-5-18-37(39)44(38-19-6-8-21-40(38)45)33-15-9-14-31(27-33)32-23-25-41-43(28-32)47-42-26-24-30-12-2-4-17-35(30)46(41)42/h1-28H/i1D,3D,5D,6D,7D,8D,10D,11D,13D,16D,18D,19D,20D,21D,22D. The fourth-order valence-corrected chi connectivity index (χ4v) is 6.74. The maximum absolute atomic E-state index is 9.39. The van der Waals surface area contributed by atoms with Crippen LogP contribution in [0.1, 0.15) is 20.6 Å². The third kappa shape index (κ3) is 3.97. The van der Waals surface area contributed by atoms with Crippen molar-refractivity contribution in [1.82, 2.24) is 0 Å². The van der Waals surface area contributed by atoms with Gasteiger partial charge in [-0.1, -0.05) is 145 Å². The lowest BCUT2D eigenvalue weighted by Crippen LogP contribution is -1.92. The van der Waals surface area contributed by atoms with Gasteiger partial charge < -0.3 is 4.42 Å². The van der Waals surface area contributed by atoms with Crippen LogP contribution in [0.3, 0.4) is 0 Å². The average molecular weight is 612 g/mol. The topological polar surface area (TPSA) is 13.1 Å². The summed E-state index contributed by atoms with van der Waals surface area (Å²) in [6.07, 6.45) is 0. The van der Waals surface area contributed by atoms with Gasteiger partial charge in [0.1, 0.15) is 11.2 Å². The van der Waals surface area contributed by atoms with E-state index in [1.54, 1.807) is 18.2 Å². The minimum atomic E-state index is -0.758. The van der Waals surface area contributed by atoms with Crippen LogP contribution in [0.5, 0.6) is 0 Å². The maximum atomic E-state index is 9.39. The van der Waals surface area contributed by atoms with E-state index < -0.39 is 107 Å². The molecule has 0 spiro atoms. The Balaban J connectivity index is 1.37. The molecule has 0 saturated heterocycles. The summed E-state index contributed by atoms with van der Waals surface area (Å²) in [6.45, 7) is 0. The Bertz CT molecular complexity index is 3620. The fourth-order valence-electron chi connectivity index (χ4n) is 6.74. The molecule has 47 heavy (non-hydrogen) atoms. The monoisotopic (exact) mass is 611 g/mol. The molecule has 0 bridgehead atoms. The van der Waals surface area contributed by atoms with Crippen molar-refractivity contribution in [3.63, 3.8) is 0 Å². The molecule has 1 aromatic heterocycles. The molecule has 10 rings (SSSR count). The van der Waals surface area contributed by atoms with E-state index in [9.17, 15) is 6.85 Å². The quantitative estimate of drug-likeness (QED) is 0.181. The number of furan rings is 1. The van der Waals surface area contributed by atoms with Crippen molar-refractivity contribution in [3.05, 3.63) is 169 Å². The molecule has 10 aromatic rings. The van der Waals surface area contributed by atoms with E-state index in [2.05, 4.69) is 0 Å². The minimum Gasteiger partial charge on any atom is -0.456 e. The molecule has 0 amide bonds. The average Bonchev–Trinajstić information content (AvgIpc) is 3.67. The van der Waals surface area contributed by atoms with Crippen LogP contribution in [0.15, 0.2) is 174 Å². The van der Waals surface area contributed by atoms with E-state index in [4.69, 9.17) is 18.1 Å². The number of hydrogen-bond donors (Lipinski definition) is 0. The molecule has 0 aliphatic rings. The second kappa shape index (κ2) is 10.2. The molecular formula is C46H28O. The molecule has 1 heteroatoms. The maximum Gasteiger partial charge on any atom is 0.136 e. The van der Waals surface area contributed by atoms with Crippen LogP contribution in [0, 0.1) is 0 Å². The van der Waals surface area contributed by atoms with Gasteiger partial charge in [0.15, 0.2) is 0 Å². The number of fused-ring (bicyclic) bond motifs is 8. The summed E-state index contributed by atoms with van der Waals surface area (Å²) in [4.78, 5) is 0. The summed E-state index contributed by atoms with van der Waals surface area (Å²) in [5, 5.41) is 2.15. The third-order valence-electron chi connectivity index (χ3n) is 8.78. The fraction of sp³-hybridized carbons (Fsp3) is 0. The molecule has 0 saturated carbocycles. The molecule has 0 aliphatic carbocycles. The van der Waals surface area contributed by atoms with Crippen LogP contribution < -0.4 is 0 Å². The molecule has 0 unspecified atom stereocenters. The summed E-state index contributed by atoms with van der Waals surface area (Å²) >= 11 is 0. The highest BCUT2D eigenvalue weighted by molar-refractivity contribution is 6.24. The summed E-state index contributed by atoms with van der Waals surface area (Å²) in [6, 6.07) is 14.5. The zero-order valence-electron chi connectivity index (χ0n) is 39.4. The summed E-state index contributed by atoms with van der Waals surface area (Å²) in [7, 11) is 0. The van der Waals surface area contributed by atoms with Gasteiger partial charge in [-0.3, -0.25) is 0 Å². The predicted molar refractivity (Wildman–Crippen MR) is 200 cm³/mol. The first kappa shape index (κ1) is 15.4. The molecular weight excluding hydrogens is 569 g/mol. The molecule has 0 radical (unpaired) electrons. The summed E-state index contributed by atoms with van der Waals surface area (Å²) in [5.41, 5.74) is 2.23. The first-order valence-corrected chi connectivity index (χ1v) is 15.0. The lowest BCUT2D eigenvalue weighted by Gasteiger charge is -2.19. The largest absolute Gasteiger partial charge is 0.456 e. The Kier molecular flexibility index (Phi) is 3.33. The number of benzene rings is 9. The normalized spacial score (nSPS) is 16.3. The number of hydrogen-bond acceptors (Lipinski definition) is 1. The van der Waals surface area contributed by atoms with E-state index in [1.807, 2.05) is 60.7 Å². The van der Waals surface area contributed by atoms with Gasteiger partial charge >= 0.3 is 0 Å². The Hall–Kier alpha value is -6.18. The van der Waals surface area contributed by atoms with Gasteiger partial charge in [-0.15, -0.1) is 0 Å². The molecule has 1 heterocycles. The minimum absolute atomic E-state index is 0.0248. The molecule has 0 fully saturated rings. The van der Waals surface area contributed by atoms with Crippen molar-refractivity contribution in [3.8, 4) is 33.4 Å². The highest BCUT2D eigenvalue weighted by Crippen LogP contribution is 2.46. The van der Waals surface area contributed by atoms with E-state index >= 15 is 0 Å².